The van der Waals surface area contributed by atoms with Gasteiger partial charge in [0, 0.05) is 49.6 Å². The number of para-hydroxylation sites is 4. The number of furan rings is 2. The summed E-state index contributed by atoms with van der Waals surface area (Å²) in [5.74, 6) is 0. The molecule has 0 aliphatic carbocycles. The van der Waals surface area contributed by atoms with Crippen molar-refractivity contribution >= 4 is 82.7 Å². The van der Waals surface area contributed by atoms with Crippen LogP contribution in [-0.4, -0.2) is 4.57 Å². The highest BCUT2D eigenvalue weighted by Crippen LogP contribution is 2.47. The van der Waals surface area contributed by atoms with Crippen LogP contribution < -0.4 is 4.90 Å². The Morgan fingerprint density at radius 2 is 0.891 bits per heavy atom. The standard InChI is InChI=1S/C60H38N2O2/c1-2-14-39(15-3-1)40-28-32-43(33-29-40)61(45-17-12-16-42(38-45)46-22-13-27-57-58(46)50-20-6-10-25-55(50)63-57)54-37-36-47(60-59(54)51-21-7-11-26-56(51)64-60)41-30-34-44(35-31-41)62-52-23-8-4-18-48(52)49-19-5-9-24-53(49)62/h1-38H. The van der Waals surface area contributed by atoms with Gasteiger partial charge in [-0.15, -0.1) is 0 Å². The molecule has 0 fully saturated rings. The second-order valence-corrected chi connectivity index (χ2v) is 16.4. The van der Waals surface area contributed by atoms with E-state index in [0.29, 0.717) is 0 Å². The van der Waals surface area contributed by atoms with Crippen molar-refractivity contribution in [1.82, 2.24) is 4.57 Å². The first kappa shape index (κ1) is 36.1. The molecule has 0 aliphatic rings. The monoisotopic (exact) mass is 818 g/mol. The van der Waals surface area contributed by atoms with Crippen molar-refractivity contribution in [2.75, 3.05) is 4.90 Å². The van der Waals surface area contributed by atoms with E-state index >= 15 is 0 Å². The number of nitrogens with zero attached hydrogens (tertiary/aromatic N) is 2. The van der Waals surface area contributed by atoms with Gasteiger partial charge in [0.15, 0.2) is 0 Å². The van der Waals surface area contributed by atoms with E-state index in [0.717, 1.165) is 94.4 Å². The van der Waals surface area contributed by atoms with Crippen LogP contribution in [0.4, 0.5) is 17.1 Å². The Morgan fingerprint density at radius 3 is 1.62 bits per heavy atom. The van der Waals surface area contributed by atoms with Gasteiger partial charge in [0.1, 0.15) is 22.3 Å². The Kier molecular flexibility index (Phi) is 8.18. The minimum atomic E-state index is 0.847. The topological polar surface area (TPSA) is 34.5 Å². The van der Waals surface area contributed by atoms with Gasteiger partial charge in [-0.25, -0.2) is 0 Å². The number of aromatic nitrogens is 1. The lowest BCUT2D eigenvalue weighted by Gasteiger charge is -2.27. The highest BCUT2D eigenvalue weighted by Gasteiger charge is 2.23. The highest BCUT2D eigenvalue weighted by molar-refractivity contribution is 6.18. The van der Waals surface area contributed by atoms with Gasteiger partial charge >= 0.3 is 0 Å². The van der Waals surface area contributed by atoms with Gasteiger partial charge in [0.05, 0.1) is 22.1 Å². The van der Waals surface area contributed by atoms with E-state index in [1.54, 1.807) is 0 Å². The molecule has 4 nitrogen and oxygen atoms in total. The van der Waals surface area contributed by atoms with Crippen LogP contribution in [0, 0.1) is 0 Å². The van der Waals surface area contributed by atoms with Crippen LogP contribution in [0.3, 0.4) is 0 Å². The number of anilines is 3. The van der Waals surface area contributed by atoms with Crippen LogP contribution in [0.15, 0.2) is 239 Å². The molecular weight excluding hydrogens is 781 g/mol. The summed E-state index contributed by atoms with van der Waals surface area (Å²) in [4.78, 5) is 2.38. The lowest BCUT2D eigenvalue weighted by Crippen LogP contribution is -2.10. The zero-order valence-electron chi connectivity index (χ0n) is 34.7. The largest absolute Gasteiger partial charge is 0.456 e. The normalized spacial score (nSPS) is 11.8. The van der Waals surface area contributed by atoms with E-state index in [9.17, 15) is 0 Å². The molecule has 64 heavy (non-hydrogen) atoms. The summed E-state index contributed by atoms with van der Waals surface area (Å²) in [6.07, 6.45) is 0. The fourth-order valence-electron chi connectivity index (χ4n) is 9.90. The molecule has 0 saturated heterocycles. The number of benzene rings is 10. The average molecular weight is 819 g/mol. The summed E-state index contributed by atoms with van der Waals surface area (Å²) in [6.45, 7) is 0. The molecule has 0 bridgehead atoms. The molecule has 300 valence electrons. The first-order valence-electron chi connectivity index (χ1n) is 21.7. The van der Waals surface area contributed by atoms with Crippen molar-refractivity contribution in [3.05, 3.63) is 231 Å². The lowest BCUT2D eigenvalue weighted by atomic mass is 9.97. The molecule has 13 rings (SSSR count). The van der Waals surface area contributed by atoms with Gasteiger partial charge in [-0.3, -0.25) is 0 Å². The minimum absolute atomic E-state index is 0.847. The van der Waals surface area contributed by atoms with Gasteiger partial charge in [-0.1, -0.05) is 152 Å². The van der Waals surface area contributed by atoms with Gasteiger partial charge in [0.25, 0.3) is 0 Å². The molecule has 0 saturated carbocycles. The second-order valence-electron chi connectivity index (χ2n) is 16.4. The van der Waals surface area contributed by atoms with Gasteiger partial charge in [0.2, 0.25) is 0 Å². The lowest BCUT2D eigenvalue weighted by molar-refractivity contribution is 0.669. The molecule has 3 aromatic heterocycles. The molecule has 0 atom stereocenters. The maximum absolute atomic E-state index is 6.93. The van der Waals surface area contributed by atoms with Crippen LogP contribution in [-0.2, 0) is 0 Å². The fraction of sp³-hybridized carbons (Fsp3) is 0. The Labute approximate surface area is 369 Å². The highest BCUT2D eigenvalue weighted by atomic mass is 16.3. The van der Waals surface area contributed by atoms with Crippen LogP contribution in [0.5, 0.6) is 0 Å². The molecule has 13 aromatic rings. The summed E-state index contributed by atoms with van der Waals surface area (Å²) < 4.78 is 15.6. The molecule has 0 aliphatic heterocycles. The molecule has 4 heteroatoms. The molecular formula is C60H38N2O2. The summed E-state index contributed by atoms with van der Waals surface area (Å²) in [7, 11) is 0. The summed E-state index contributed by atoms with van der Waals surface area (Å²) >= 11 is 0. The quantitative estimate of drug-likeness (QED) is 0.161. The van der Waals surface area contributed by atoms with E-state index < -0.39 is 0 Å². The molecule has 0 radical (unpaired) electrons. The predicted molar refractivity (Wildman–Crippen MR) is 266 cm³/mol. The van der Waals surface area contributed by atoms with Crippen molar-refractivity contribution in [2.45, 2.75) is 0 Å². The summed E-state index contributed by atoms with van der Waals surface area (Å²) in [5, 5.41) is 6.84. The molecule has 0 N–H and O–H groups in total. The minimum Gasteiger partial charge on any atom is -0.456 e. The van der Waals surface area contributed by atoms with Crippen molar-refractivity contribution in [3.8, 4) is 39.1 Å². The first-order valence-corrected chi connectivity index (χ1v) is 21.7. The van der Waals surface area contributed by atoms with Crippen LogP contribution >= 0.6 is 0 Å². The first-order chi connectivity index (χ1) is 31.7. The Hall–Kier alpha value is -8.60. The van der Waals surface area contributed by atoms with Gasteiger partial charge < -0.3 is 18.3 Å². The second kappa shape index (κ2) is 14.5. The van der Waals surface area contributed by atoms with E-state index in [2.05, 4.69) is 222 Å². The van der Waals surface area contributed by atoms with Crippen LogP contribution in [0.25, 0.3) is 105 Å². The molecule has 3 heterocycles. The van der Waals surface area contributed by atoms with E-state index in [1.165, 1.54) is 27.4 Å². The smallest absolute Gasteiger partial charge is 0.145 e. The van der Waals surface area contributed by atoms with Crippen molar-refractivity contribution in [2.24, 2.45) is 0 Å². The zero-order chi connectivity index (χ0) is 42.1. The molecule has 0 spiro atoms. The van der Waals surface area contributed by atoms with Gasteiger partial charge in [-0.2, -0.15) is 0 Å². The maximum atomic E-state index is 6.93. The Bertz CT molecular complexity index is 3840. The third kappa shape index (κ3) is 5.70. The fourth-order valence-corrected chi connectivity index (χ4v) is 9.90. The summed E-state index contributed by atoms with van der Waals surface area (Å²) in [5.41, 5.74) is 16.8. The van der Waals surface area contributed by atoms with E-state index in [4.69, 9.17) is 8.83 Å². The number of hydrogen-bond acceptors (Lipinski definition) is 3. The van der Waals surface area contributed by atoms with Crippen molar-refractivity contribution in [1.29, 1.82) is 0 Å². The Balaban J connectivity index is 0.996. The van der Waals surface area contributed by atoms with Crippen LogP contribution in [0.2, 0.25) is 0 Å². The number of fused-ring (bicyclic) bond motifs is 9. The molecule has 0 amide bonds. The number of hydrogen-bond donors (Lipinski definition) is 0. The average Bonchev–Trinajstić information content (AvgIpc) is 4.05. The van der Waals surface area contributed by atoms with Crippen molar-refractivity contribution in [3.63, 3.8) is 0 Å². The molecule has 10 aromatic carbocycles. The third-order valence-corrected chi connectivity index (χ3v) is 12.8. The van der Waals surface area contributed by atoms with Crippen molar-refractivity contribution < 1.29 is 8.83 Å². The van der Waals surface area contributed by atoms with Crippen LogP contribution in [0.1, 0.15) is 0 Å². The predicted octanol–water partition coefficient (Wildman–Crippen LogP) is 17.1. The third-order valence-electron chi connectivity index (χ3n) is 12.8. The zero-order valence-corrected chi connectivity index (χ0v) is 34.7. The summed E-state index contributed by atoms with van der Waals surface area (Å²) in [6, 6.07) is 82.1. The van der Waals surface area contributed by atoms with Gasteiger partial charge in [-0.05, 0) is 107 Å². The number of rotatable bonds is 7. The maximum Gasteiger partial charge on any atom is 0.145 e. The molecule has 0 unspecified atom stereocenters. The van der Waals surface area contributed by atoms with E-state index in [1.807, 2.05) is 18.2 Å². The van der Waals surface area contributed by atoms with E-state index in [-0.39, 0.29) is 0 Å². The SMILES string of the molecule is c1ccc(-c2ccc(N(c3cccc(-c4cccc5oc6ccccc6c45)c3)c3ccc(-c4ccc(-n5c6ccccc6c6ccccc65)cc4)c4oc5ccccc5c34)cc2)cc1. The Morgan fingerprint density at radius 1 is 0.328 bits per heavy atom.